The summed E-state index contributed by atoms with van der Waals surface area (Å²) in [5.74, 6) is 1.02. The van der Waals surface area contributed by atoms with Crippen molar-refractivity contribution in [1.82, 2.24) is 10.3 Å². The standard InChI is InChI=1S/C22H24N2O2S/c1-15(2)17-8-10-20(11-9-17)26-13-21(25)23-12-19-14-27-22(24-19)18-6-4-16(3)5-7-18/h4-11,14-15H,12-13H2,1-3H3,(H,23,25). The fourth-order valence-corrected chi connectivity index (χ4v) is 3.38. The molecule has 1 aromatic heterocycles. The Kier molecular flexibility index (Phi) is 6.24. The zero-order valence-corrected chi connectivity index (χ0v) is 16.7. The van der Waals surface area contributed by atoms with Crippen molar-refractivity contribution in [3.8, 4) is 16.3 Å². The minimum Gasteiger partial charge on any atom is -0.484 e. The predicted molar refractivity (Wildman–Crippen MR) is 110 cm³/mol. The molecule has 0 spiro atoms. The fourth-order valence-electron chi connectivity index (χ4n) is 2.55. The van der Waals surface area contributed by atoms with E-state index in [-0.39, 0.29) is 12.5 Å². The van der Waals surface area contributed by atoms with Gasteiger partial charge >= 0.3 is 0 Å². The van der Waals surface area contributed by atoms with E-state index < -0.39 is 0 Å². The van der Waals surface area contributed by atoms with Gasteiger partial charge in [-0.05, 0) is 30.5 Å². The van der Waals surface area contributed by atoms with Gasteiger partial charge in [-0.15, -0.1) is 11.3 Å². The van der Waals surface area contributed by atoms with Gasteiger partial charge < -0.3 is 10.1 Å². The molecule has 0 bridgehead atoms. The number of aromatic nitrogens is 1. The molecule has 0 unspecified atom stereocenters. The number of aryl methyl sites for hydroxylation is 1. The zero-order chi connectivity index (χ0) is 19.2. The lowest BCUT2D eigenvalue weighted by molar-refractivity contribution is -0.123. The lowest BCUT2D eigenvalue weighted by atomic mass is 10.0. The van der Waals surface area contributed by atoms with E-state index in [4.69, 9.17) is 4.74 Å². The van der Waals surface area contributed by atoms with Gasteiger partial charge in [-0.1, -0.05) is 55.8 Å². The van der Waals surface area contributed by atoms with Gasteiger partial charge in [0.25, 0.3) is 5.91 Å². The second-order valence-corrected chi connectivity index (χ2v) is 7.66. The summed E-state index contributed by atoms with van der Waals surface area (Å²) in [5.41, 5.74) is 4.42. The Balaban J connectivity index is 1.47. The van der Waals surface area contributed by atoms with Crippen LogP contribution >= 0.6 is 11.3 Å². The van der Waals surface area contributed by atoms with Crippen molar-refractivity contribution in [3.63, 3.8) is 0 Å². The lowest BCUT2D eigenvalue weighted by Gasteiger charge is -2.09. The van der Waals surface area contributed by atoms with Gasteiger partial charge in [-0.25, -0.2) is 4.98 Å². The number of nitrogens with zero attached hydrogens (tertiary/aromatic N) is 1. The maximum atomic E-state index is 12.0. The maximum absolute atomic E-state index is 12.0. The van der Waals surface area contributed by atoms with E-state index in [1.807, 2.05) is 29.6 Å². The predicted octanol–water partition coefficient (Wildman–Crippen LogP) is 4.94. The van der Waals surface area contributed by atoms with Crippen molar-refractivity contribution in [2.45, 2.75) is 33.2 Å². The summed E-state index contributed by atoms with van der Waals surface area (Å²) in [7, 11) is 0. The number of hydrogen-bond donors (Lipinski definition) is 1. The van der Waals surface area contributed by atoms with E-state index in [9.17, 15) is 4.79 Å². The molecule has 0 aliphatic heterocycles. The molecule has 0 aliphatic carbocycles. The third-order valence-corrected chi connectivity index (χ3v) is 5.17. The third-order valence-electron chi connectivity index (χ3n) is 4.23. The summed E-state index contributed by atoms with van der Waals surface area (Å²) in [6.07, 6.45) is 0. The van der Waals surface area contributed by atoms with E-state index >= 15 is 0 Å². The molecule has 0 aliphatic rings. The highest BCUT2D eigenvalue weighted by Gasteiger charge is 2.08. The summed E-state index contributed by atoms with van der Waals surface area (Å²) >= 11 is 1.58. The van der Waals surface area contributed by atoms with Crippen molar-refractivity contribution in [2.75, 3.05) is 6.61 Å². The third kappa shape index (κ3) is 5.41. The van der Waals surface area contributed by atoms with Crippen molar-refractivity contribution < 1.29 is 9.53 Å². The Morgan fingerprint density at radius 3 is 2.48 bits per heavy atom. The molecule has 140 valence electrons. The number of carbonyl (C=O) groups excluding carboxylic acids is 1. The first-order valence-electron chi connectivity index (χ1n) is 9.02. The number of rotatable bonds is 7. The molecule has 3 aromatic rings. The number of hydrogen-bond acceptors (Lipinski definition) is 4. The molecule has 1 amide bonds. The number of amides is 1. The van der Waals surface area contributed by atoms with Crippen LogP contribution in [-0.2, 0) is 11.3 Å². The maximum Gasteiger partial charge on any atom is 0.258 e. The van der Waals surface area contributed by atoms with Crippen LogP contribution in [0.25, 0.3) is 10.6 Å². The molecule has 1 heterocycles. The second-order valence-electron chi connectivity index (χ2n) is 6.80. The summed E-state index contributed by atoms with van der Waals surface area (Å²) < 4.78 is 5.55. The minimum absolute atomic E-state index is 0.00399. The van der Waals surface area contributed by atoms with E-state index in [1.54, 1.807) is 11.3 Å². The van der Waals surface area contributed by atoms with Crippen molar-refractivity contribution >= 4 is 17.2 Å². The molecule has 1 N–H and O–H groups in total. The molecule has 0 saturated carbocycles. The summed E-state index contributed by atoms with van der Waals surface area (Å²) in [6, 6.07) is 16.1. The first kappa shape index (κ1) is 19.1. The van der Waals surface area contributed by atoms with E-state index in [0.29, 0.717) is 18.2 Å². The molecule has 4 nitrogen and oxygen atoms in total. The molecule has 5 heteroatoms. The highest BCUT2D eigenvalue weighted by Crippen LogP contribution is 2.24. The van der Waals surface area contributed by atoms with Crippen LogP contribution in [-0.4, -0.2) is 17.5 Å². The van der Waals surface area contributed by atoms with Gasteiger partial charge in [-0.2, -0.15) is 0 Å². The van der Waals surface area contributed by atoms with E-state index in [0.717, 1.165) is 16.3 Å². The first-order chi connectivity index (χ1) is 13.0. The quantitative estimate of drug-likeness (QED) is 0.632. The Morgan fingerprint density at radius 1 is 1.11 bits per heavy atom. The number of ether oxygens (including phenoxy) is 1. The molecular formula is C22H24N2O2S. The van der Waals surface area contributed by atoms with Gasteiger partial charge in [0, 0.05) is 10.9 Å². The fraction of sp³-hybridized carbons (Fsp3) is 0.273. The average Bonchev–Trinajstić information content (AvgIpc) is 3.14. The molecule has 0 saturated heterocycles. The van der Waals surface area contributed by atoms with Gasteiger partial charge in [0.15, 0.2) is 6.61 Å². The number of thiazole rings is 1. The largest absolute Gasteiger partial charge is 0.484 e. The number of nitrogens with one attached hydrogen (secondary N) is 1. The first-order valence-corrected chi connectivity index (χ1v) is 9.90. The Bertz CT molecular complexity index is 883. The molecule has 0 radical (unpaired) electrons. The molecule has 0 atom stereocenters. The normalized spacial score (nSPS) is 10.8. The van der Waals surface area contributed by atoms with Crippen LogP contribution in [0.2, 0.25) is 0 Å². The lowest BCUT2D eigenvalue weighted by Crippen LogP contribution is -2.28. The van der Waals surface area contributed by atoms with Crippen LogP contribution in [0.3, 0.4) is 0 Å². The van der Waals surface area contributed by atoms with Gasteiger partial charge in [-0.3, -0.25) is 4.79 Å². The average molecular weight is 381 g/mol. The SMILES string of the molecule is Cc1ccc(-c2nc(CNC(=O)COc3ccc(C(C)C)cc3)cs2)cc1. The minimum atomic E-state index is -0.159. The van der Waals surface area contributed by atoms with Crippen LogP contribution < -0.4 is 10.1 Å². The van der Waals surface area contributed by atoms with Crippen LogP contribution in [0.15, 0.2) is 53.9 Å². The Hall–Kier alpha value is -2.66. The van der Waals surface area contributed by atoms with Crippen LogP contribution in [0.4, 0.5) is 0 Å². The molecule has 27 heavy (non-hydrogen) atoms. The Morgan fingerprint density at radius 2 is 1.81 bits per heavy atom. The highest BCUT2D eigenvalue weighted by atomic mass is 32.1. The zero-order valence-electron chi connectivity index (χ0n) is 15.9. The number of carbonyl (C=O) groups is 1. The number of benzene rings is 2. The Labute approximate surface area is 164 Å². The van der Waals surface area contributed by atoms with Gasteiger partial charge in [0.2, 0.25) is 0 Å². The van der Waals surface area contributed by atoms with E-state index in [1.165, 1.54) is 11.1 Å². The molecular weight excluding hydrogens is 356 g/mol. The van der Waals surface area contributed by atoms with Crippen molar-refractivity contribution in [3.05, 3.63) is 70.7 Å². The summed E-state index contributed by atoms with van der Waals surface area (Å²) in [5, 5.41) is 5.79. The van der Waals surface area contributed by atoms with Gasteiger partial charge in [0.05, 0.1) is 12.2 Å². The van der Waals surface area contributed by atoms with Crippen LogP contribution in [0, 0.1) is 6.92 Å². The molecule has 0 fully saturated rings. The highest BCUT2D eigenvalue weighted by molar-refractivity contribution is 7.13. The van der Waals surface area contributed by atoms with Crippen molar-refractivity contribution in [1.29, 1.82) is 0 Å². The molecule has 2 aromatic carbocycles. The monoisotopic (exact) mass is 380 g/mol. The molecule has 3 rings (SSSR count). The van der Waals surface area contributed by atoms with E-state index in [2.05, 4.69) is 55.3 Å². The second kappa shape index (κ2) is 8.82. The smallest absolute Gasteiger partial charge is 0.258 e. The summed E-state index contributed by atoms with van der Waals surface area (Å²) in [6.45, 7) is 6.75. The topological polar surface area (TPSA) is 51.2 Å². The van der Waals surface area contributed by atoms with Gasteiger partial charge in [0.1, 0.15) is 10.8 Å². The summed E-state index contributed by atoms with van der Waals surface area (Å²) in [4.78, 5) is 16.6. The van der Waals surface area contributed by atoms with Crippen LogP contribution in [0.5, 0.6) is 5.75 Å². The van der Waals surface area contributed by atoms with Crippen LogP contribution in [0.1, 0.15) is 36.6 Å². The van der Waals surface area contributed by atoms with Crippen molar-refractivity contribution in [2.24, 2.45) is 0 Å².